The van der Waals surface area contributed by atoms with Crippen molar-refractivity contribution in [2.75, 3.05) is 11.2 Å². The standard InChI is InChI=1S/C11H11ClFN3O/c1-7-8(13)3-2-4-9(7)14-11-16-15-10(17-11)5-6-12/h2-4H,5-6H2,1H3,(H,14,16). The van der Waals surface area contributed by atoms with Crippen LogP contribution in [0.3, 0.4) is 0 Å². The van der Waals surface area contributed by atoms with Crippen LogP contribution in [-0.2, 0) is 6.42 Å². The molecule has 0 aliphatic rings. The van der Waals surface area contributed by atoms with Crippen LogP contribution < -0.4 is 5.32 Å². The molecule has 2 rings (SSSR count). The molecule has 0 atom stereocenters. The van der Waals surface area contributed by atoms with E-state index in [0.29, 0.717) is 29.4 Å². The molecule has 1 aromatic carbocycles. The number of hydrogen-bond donors (Lipinski definition) is 1. The summed E-state index contributed by atoms with van der Waals surface area (Å²) >= 11 is 5.55. The number of nitrogens with zero attached hydrogens (tertiary/aromatic N) is 2. The Balaban J connectivity index is 2.16. The van der Waals surface area contributed by atoms with Crippen molar-refractivity contribution in [3.63, 3.8) is 0 Å². The van der Waals surface area contributed by atoms with E-state index in [9.17, 15) is 4.39 Å². The van der Waals surface area contributed by atoms with E-state index in [2.05, 4.69) is 15.5 Å². The van der Waals surface area contributed by atoms with Crippen LogP contribution in [-0.4, -0.2) is 16.1 Å². The van der Waals surface area contributed by atoms with Crippen LogP contribution in [0.5, 0.6) is 0 Å². The molecule has 1 N–H and O–H groups in total. The third-order valence-corrected chi connectivity index (χ3v) is 2.47. The van der Waals surface area contributed by atoms with Crippen molar-refractivity contribution in [1.29, 1.82) is 0 Å². The first kappa shape index (κ1) is 11.9. The van der Waals surface area contributed by atoms with E-state index in [1.807, 2.05) is 0 Å². The van der Waals surface area contributed by atoms with E-state index in [0.717, 1.165) is 0 Å². The van der Waals surface area contributed by atoms with Crippen LogP contribution >= 0.6 is 11.6 Å². The quantitative estimate of drug-likeness (QED) is 0.853. The average Bonchev–Trinajstić information content (AvgIpc) is 2.73. The van der Waals surface area contributed by atoms with Crippen molar-refractivity contribution in [2.24, 2.45) is 0 Å². The number of benzene rings is 1. The number of nitrogens with one attached hydrogen (secondary N) is 1. The molecular weight excluding hydrogens is 245 g/mol. The number of anilines is 2. The first-order valence-electron chi connectivity index (χ1n) is 5.11. The van der Waals surface area contributed by atoms with Gasteiger partial charge < -0.3 is 9.73 Å². The van der Waals surface area contributed by atoms with Gasteiger partial charge in [0.1, 0.15) is 5.82 Å². The number of rotatable bonds is 4. The molecule has 0 amide bonds. The topological polar surface area (TPSA) is 51.0 Å². The molecule has 0 saturated carbocycles. The molecule has 17 heavy (non-hydrogen) atoms. The maximum atomic E-state index is 13.3. The summed E-state index contributed by atoms with van der Waals surface area (Å²) in [5.74, 6) is 0.590. The van der Waals surface area contributed by atoms with Crippen LogP contribution in [0.4, 0.5) is 16.1 Å². The monoisotopic (exact) mass is 255 g/mol. The molecule has 0 spiro atoms. The number of alkyl halides is 1. The van der Waals surface area contributed by atoms with E-state index in [-0.39, 0.29) is 11.8 Å². The van der Waals surface area contributed by atoms with Crippen LogP contribution in [0.25, 0.3) is 0 Å². The normalized spacial score (nSPS) is 10.5. The maximum absolute atomic E-state index is 13.3. The zero-order valence-electron chi connectivity index (χ0n) is 9.20. The van der Waals surface area contributed by atoms with Gasteiger partial charge in [0.25, 0.3) is 0 Å². The fourth-order valence-corrected chi connectivity index (χ4v) is 1.51. The first-order valence-corrected chi connectivity index (χ1v) is 5.64. The van der Waals surface area contributed by atoms with Crippen LogP contribution in [0.2, 0.25) is 0 Å². The van der Waals surface area contributed by atoms with Crippen LogP contribution in [0, 0.1) is 12.7 Å². The summed E-state index contributed by atoms with van der Waals surface area (Å²) in [6.07, 6.45) is 0.512. The van der Waals surface area contributed by atoms with E-state index in [4.69, 9.17) is 16.0 Å². The highest BCUT2D eigenvalue weighted by Crippen LogP contribution is 2.21. The van der Waals surface area contributed by atoms with Gasteiger partial charge in [0, 0.05) is 23.6 Å². The molecule has 0 unspecified atom stereocenters. The number of halogens is 2. The summed E-state index contributed by atoms with van der Waals surface area (Å²) in [5.41, 5.74) is 1.11. The SMILES string of the molecule is Cc1c(F)cccc1Nc1nnc(CCCl)o1. The molecule has 6 heteroatoms. The summed E-state index contributed by atoms with van der Waals surface area (Å²) in [4.78, 5) is 0. The Morgan fingerprint density at radius 3 is 3.00 bits per heavy atom. The maximum Gasteiger partial charge on any atom is 0.320 e. The summed E-state index contributed by atoms with van der Waals surface area (Å²) in [7, 11) is 0. The molecule has 90 valence electrons. The third kappa shape index (κ3) is 2.74. The molecule has 4 nitrogen and oxygen atoms in total. The van der Waals surface area contributed by atoms with Gasteiger partial charge in [-0.2, -0.15) is 0 Å². The molecule has 0 fully saturated rings. The Kier molecular flexibility index (Phi) is 3.58. The lowest BCUT2D eigenvalue weighted by Gasteiger charge is -2.05. The lowest BCUT2D eigenvalue weighted by atomic mass is 10.2. The minimum absolute atomic E-state index is 0.235. The van der Waals surface area contributed by atoms with Gasteiger partial charge in [-0.1, -0.05) is 11.2 Å². The molecule has 0 saturated heterocycles. The second-order valence-electron chi connectivity index (χ2n) is 3.48. The van der Waals surface area contributed by atoms with Gasteiger partial charge in [0.2, 0.25) is 5.89 Å². The lowest BCUT2D eigenvalue weighted by Crippen LogP contribution is -1.95. The van der Waals surface area contributed by atoms with Gasteiger partial charge in [-0.3, -0.25) is 0 Å². The fourth-order valence-electron chi connectivity index (χ4n) is 1.34. The Morgan fingerprint density at radius 2 is 2.24 bits per heavy atom. The van der Waals surface area contributed by atoms with Gasteiger partial charge in [-0.15, -0.1) is 16.7 Å². The summed E-state index contributed by atoms with van der Waals surface area (Å²) in [6, 6.07) is 4.98. The molecule has 2 aromatic rings. The van der Waals surface area contributed by atoms with E-state index < -0.39 is 0 Å². The van der Waals surface area contributed by atoms with Crippen LogP contribution in [0.1, 0.15) is 11.5 Å². The minimum Gasteiger partial charge on any atom is -0.408 e. The van der Waals surface area contributed by atoms with E-state index in [1.165, 1.54) is 6.07 Å². The predicted octanol–water partition coefficient (Wildman–Crippen LogP) is 3.04. The molecule has 1 aromatic heterocycles. The van der Waals surface area contributed by atoms with Crippen molar-refractivity contribution >= 4 is 23.3 Å². The second-order valence-corrected chi connectivity index (χ2v) is 3.86. The van der Waals surface area contributed by atoms with Gasteiger partial charge in [0.15, 0.2) is 0 Å². The number of aryl methyl sites for hydroxylation is 1. The molecular formula is C11H11ClFN3O. The van der Waals surface area contributed by atoms with E-state index >= 15 is 0 Å². The van der Waals surface area contributed by atoms with Crippen molar-refractivity contribution in [1.82, 2.24) is 10.2 Å². The Hall–Kier alpha value is -1.62. The van der Waals surface area contributed by atoms with Gasteiger partial charge in [0.05, 0.1) is 0 Å². The van der Waals surface area contributed by atoms with Crippen molar-refractivity contribution in [2.45, 2.75) is 13.3 Å². The highest BCUT2D eigenvalue weighted by Gasteiger charge is 2.08. The first-order chi connectivity index (χ1) is 8.20. The largest absolute Gasteiger partial charge is 0.408 e. The average molecular weight is 256 g/mol. The smallest absolute Gasteiger partial charge is 0.320 e. The second kappa shape index (κ2) is 5.14. The third-order valence-electron chi connectivity index (χ3n) is 2.28. The van der Waals surface area contributed by atoms with Crippen molar-refractivity contribution in [3.05, 3.63) is 35.5 Å². The molecule has 0 bridgehead atoms. The van der Waals surface area contributed by atoms with Gasteiger partial charge in [-0.25, -0.2) is 4.39 Å². The Bertz CT molecular complexity index is 515. The van der Waals surface area contributed by atoms with Crippen molar-refractivity contribution in [3.8, 4) is 0 Å². The minimum atomic E-state index is -0.282. The molecule has 0 aliphatic carbocycles. The fraction of sp³-hybridized carbons (Fsp3) is 0.273. The highest BCUT2D eigenvalue weighted by molar-refractivity contribution is 6.17. The predicted molar refractivity (Wildman–Crippen MR) is 63.1 cm³/mol. The van der Waals surface area contributed by atoms with Crippen molar-refractivity contribution < 1.29 is 8.81 Å². The Morgan fingerprint density at radius 1 is 1.41 bits per heavy atom. The molecule has 1 heterocycles. The number of aromatic nitrogens is 2. The Labute approximate surface area is 103 Å². The highest BCUT2D eigenvalue weighted by atomic mass is 35.5. The van der Waals surface area contributed by atoms with Gasteiger partial charge in [-0.05, 0) is 19.1 Å². The summed E-state index contributed by atoms with van der Waals surface area (Å²) in [5, 5.41) is 10.5. The summed E-state index contributed by atoms with van der Waals surface area (Å²) < 4.78 is 18.6. The number of hydrogen-bond acceptors (Lipinski definition) is 4. The zero-order chi connectivity index (χ0) is 12.3. The van der Waals surface area contributed by atoms with Gasteiger partial charge >= 0.3 is 6.01 Å². The molecule has 0 radical (unpaired) electrons. The lowest BCUT2D eigenvalue weighted by molar-refractivity contribution is 0.516. The molecule has 0 aliphatic heterocycles. The zero-order valence-corrected chi connectivity index (χ0v) is 9.96. The van der Waals surface area contributed by atoms with E-state index in [1.54, 1.807) is 19.1 Å². The van der Waals surface area contributed by atoms with Crippen LogP contribution in [0.15, 0.2) is 22.6 Å². The summed E-state index contributed by atoms with van der Waals surface area (Å²) in [6.45, 7) is 1.67.